The van der Waals surface area contributed by atoms with Crippen LogP contribution < -0.4 is 4.74 Å². The Balaban J connectivity index is 2.48. The van der Waals surface area contributed by atoms with Crippen molar-refractivity contribution in [2.75, 3.05) is 7.11 Å². The molecule has 1 aromatic heterocycles. The lowest BCUT2D eigenvalue weighted by Crippen LogP contribution is -1.91. The summed E-state index contributed by atoms with van der Waals surface area (Å²) >= 11 is 3.48. The molecule has 0 amide bonds. The van der Waals surface area contributed by atoms with Crippen molar-refractivity contribution in [2.45, 2.75) is 0 Å². The molecule has 0 spiro atoms. The van der Waals surface area contributed by atoms with Crippen LogP contribution in [0.4, 0.5) is 0 Å². The van der Waals surface area contributed by atoms with E-state index in [-0.39, 0.29) is 0 Å². The summed E-state index contributed by atoms with van der Waals surface area (Å²) in [6.45, 7) is 0. The molecule has 0 saturated heterocycles. The van der Waals surface area contributed by atoms with Crippen LogP contribution in [-0.2, 0) is 0 Å². The second-order valence-electron chi connectivity index (χ2n) is 3.66. The standard InChI is InChI=1S/C13H9BrN2O/c1-17-11-7-3-6-10-13(11)16-9-5-2-4-8(14)12(9)15-10/h2-7H,1H3. The molecular weight excluding hydrogens is 280 g/mol. The SMILES string of the molecule is COc1cccc2nc3c(Br)cccc3nc12. The van der Waals surface area contributed by atoms with Gasteiger partial charge in [-0.25, -0.2) is 9.97 Å². The van der Waals surface area contributed by atoms with Gasteiger partial charge in [0.1, 0.15) is 16.8 Å². The zero-order valence-electron chi connectivity index (χ0n) is 9.14. The van der Waals surface area contributed by atoms with Gasteiger partial charge in [-0.05, 0) is 40.2 Å². The van der Waals surface area contributed by atoms with Gasteiger partial charge in [0.25, 0.3) is 0 Å². The third-order valence-electron chi connectivity index (χ3n) is 2.63. The predicted molar refractivity (Wildman–Crippen MR) is 71.3 cm³/mol. The van der Waals surface area contributed by atoms with Gasteiger partial charge < -0.3 is 4.74 Å². The van der Waals surface area contributed by atoms with Gasteiger partial charge in [-0.3, -0.25) is 0 Å². The monoisotopic (exact) mass is 288 g/mol. The number of para-hydroxylation sites is 2. The Kier molecular flexibility index (Phi) is 2.44. The number of ether oxygens (including phenoxy) is 1. The molecule has 1 heterocycles. The number of hydrogen-bond acceptors (Lipinski definition) is 3. The van der Waals surface area contributed by atoms with Gasteiger partial charge in [-0.2, -0.15) is 0 Å². The fourth-order valence-corrected chi connectivity index (χ4v) is 2.27. The Labute approximate surface area is 107 Å². The molecule has 2 aromatic carbocycles. The van der Waals surface area contributed by atoms with Crippen molar-refractivity contribution in [3.63, 3.8) is 0 Å². The van der Waals surface area contributed by atoms with Crippen LogP contribution in [0, 0.1) is 0 Å². The van der Waals surface area contributed by atoms with Gasteiger partial charge in [0.15, 0.2) is 0 Å². The summed E-state index contributed by atoms with van der Waals surface area (Å²) in [4.78, 5) is 9.19. The predicted octanol–water partition coefficient (Wildman–Crippen LogP) is 3.55. The Morgan fingerprint density at radius 3 is 2.35 bits per heavy atom. The topological polar surface area (TPSA) is 35.0 Å². The van der Waals surface area contributed by atoms with E-state index in [2.05, 4.69) is 25.9 Å². The highest BCUT2D eigenvalue weighted by Gasteiger charge is 2.07. The molecule has 0 fully saturated rings. The number of methoxy groups -OCH3 is 1. The lowest BCUT2D eigenvalue weighted by Gasteiger charge is -2.06. The van der Waals surface area contributed by atoms with Crippen LogP contribution in [-0.4, -0.2) is 17.1 Å². The third kappa shape index (κ3) is 1.65. The first-order valence-corrected chi connectivity index (χ1v) is 5.98. The first-order chi connectivity index (χ1) is 8.29. The summed E-state index contributed by atoms with van der Waals surface area (Å²) < 4.78 is 6.24. The van der Waals surface area contributed by atoms with E-state index in [0.717, 1.165) is 32.3 Å². The molecule has 3 nitrogen and oxygen atoms in total. The fraction of sp³-hybridized carbons (Fsp3) is 0.0769. The summed E-state index contributed by atoms with van der Waals surface area (Å²) in [7, 11) is 1.64. The zero-order valence-corrected chi connectivity index (χ0v) is 10.7. The summed E-state index contributed by atoms with van der Waals surface area (Å²) in [5.74, 6) is 0.747. The van der Waals surface area contributed by atoms with E-state index in [0.29, 0.717) is 0 Å². The number of rotatable bonds is 1. The van der Waals surface area contributed by atoms with Crippen LogP contribution in [0.5, 0.6) is 5.75 Å². The highest BCUT2D eigenvalue weighted by atomic mass is 79.9. The molecule has 0 radical (unpaired) electrons. The minimum atomic E-state index is 0.747. The fourth-order valence-electron chi connectivity index (χ4n) is 1.82. The van der Waals surface area contributed by atoms with Crippen molar-refractivity contribution in [1.29, 1.82) is 0 Å². The highest BCUT2D eigenvalue weighted by Crippen LogP contribution is 2.27. The van der Waals surface area contributed by atoms with Crippen molar-refractivity contribution in [1.82, 2.24) is 9.97 Å². The minimum absolute atomic E-state index is 0.747. The zero-order chi connectivity index (χ0) is 11.8. The van der Waals surface area contributed by atoms with Gasteiger partial charge in [0.2, 0.25) is 0 Å². The summed E-state index contributed by atoms with van der Waals surface area (Å²) in [6, 6.07) is 11.6. The number of fused-ring (bicyclic) bond motifs is 2. The summed E-state index contributed by atoms with van der Waals surface area (Å²) in [5.41, 5.74) is 3.36. The van der Waals surface area contributed by atoms with Crippen molar-refractivity contribution >= 4 is 38.0 Å². The van der Waals surface area contributed by atoms with Crippen molar-refractivity contribution in [3.8, 4) is 5.75 Å². The van der Waals surface area contributed by atoms with Crippen LogP contribution >= 0.6 is 15.9 Å². The Morgan fingerprint density at radius 1 is 0.941 bits per heavy atom. The van der Waals surface area contributed by atoms with E-state index < -0.39 is 0 Å². The van der Waals surface area contributed by atoms with Crippen LogP contribution in [0.2, 0.25) is 0 Å². The molecule has 0 N–H and O–H groups in total. The molecule has 4 heteroatoms. The maximum Gasteiger partial charge on any atom is 0.146 e. The molecule has 0 atom stereocenters. The largest absolute Gasteiger partial charge is 0.494 e. The van der Waals surface area contributed by atoms with Crippen molar-refractivity contribution in [2.24, 2.45) is 0 Å². The summed E-state index contributed by atoms with van der Waals surface area (Å²) in [5, 5.41) is 0. The quantitative estimate of drug-likeness (QED) is 0.642. The smallest absolute Gasteiger partial charge is 0.146 e. The number of nitrogens with zero attached hydrogens (tertiary/aromatic N) is 2. The third-order valence-corrected chi connectivity index (χ3v) is 3.27. The van der Waals surface area contributed by atoms with Crippen LogP contribution in [0.3, 0.4) is 0 Å². The van der Waals surface area contributed by atoms with Crippen LogP contribution in [0.25, 0.3) is 22.1 Å². The molecule has 0 aliphatic heterocycles. The van der Waals surface area contributed by atoms with Gasteiger partial charge in [0.05, 0.1) is 18.1 Å². The van der Waals surface area contributed by atoms with Crippen molar-refractivity contribution < 1.29 is 4.74 Å². The van der Waals surface area contributed by atoms with E-state index in [4.69, 9.17) is 4.74 Å². The van der Waals surface area contributed by atoms with Gasteiger partial charge in [-0.1, -0.05) is 12.1 Å². The maximum atomic E-state index is 5.29. The number of halogens is 1. The first-order valence-electron chi connectivity index (χ1n) is 5.18. The number of benzene rings is 2. The molecule has 0 saturated carbocycles. The Bertz CT molecular complexity index is 712. The lowest BCUT2D eigenvalue weighted by atomic mass is 10.2. The number of hydrogen-bond donors (Lipinski definition) is 0. The van der Waals surface area contributed by atoms with Crippen LogP contribution in [0.1, 0.15) is 0 Å². The van der Waals surface area contributed by atoms with Crippen molar-refractivity contribution in [3.05, 3.63) is 40.9 Å². The second-order valence-corrected chi connectivity index (χ2v) is 4.51. The Morgan fingerprint density at radius 2 is 1.59 bits per heavy atom. The molecule has 3 aromatic rings. The molecule has 3 rings (SSSR count). The summed E-state index contributed by atoms with van der Waals surface area (Å²) in [6.07, 6.45) is 0. The molecule has 0 aliphatic carbocycles. The average molecular weight is 289 g/mol. The number of aromatic nitrogens is 2. The highest BCUT2D eigenvalue weighted by molar-refractivity contribution is 9.10. The second kappa shape index (κ2) is 3.96. The molecule has 17 heavy (non-hydrogen) atoms. The van der Waals surface area contributed by atoms with Gasteiger partial charge in [-0.15, -0.1) is 0 Å². The molecule has 0 bridgehead atoms. The van der Waals surface area contributed by atoms with Gasteiger partial charge >= 0.3 is 0 Å². The van der Waals surface area contributed by atoms with E-state index in [9.17, 15) is 0 Å². The van der Waals surface area contributed by atoms with E-state index in [1.807, 2.05) is 36.4 Å². The molecule has 84 valence electrons. The van der Waals surface area contributed by atoms with E-state index in [1.165, 1.54) is 0 Å². The first kappa shape index (κ1) is 10.5. The van der Waals surface area contributed by atoms with Gasteiger partial charge in [0, 0.05) is 4.47 Å². The molecule has 0 unspecified atom stereocenters. The minimum Gasteiger partial charge on any atom is -0.494 e. The molecular formula is C13H9BrN2O. The van der Waals surface area contributed by atoms with E-state index >= 15 is 0 Å². The lowest BCUT2D eigenvalue weighted by molar-refractivity contribution is 0.419. The molecule has 0 aliphatic rings. The maximum absolute atomic E-state index is 5.29. The van der Waals surface area contributed by atoms with Crippen LogP contribution in [0.15, 0.2) is 40.9 Å². The van der Waals surface area contributed by atoms with E-state index in [1.54, 1.807) is 7.11 Å². The normalized spacial score (nSPS) is 10.9. The average Bonchev–Trinajstić information content (AvgIpc) is 2.36. The Hall–Kier alpha value is -1.68.